The van der Waals surface area contributed by atoms with Crippen LogP contribution in [-0.2, 0) is 14.3 Å². The number of Topliss-reactive ketones (excluding diaryl/α,β-unsaturated/α-hetero) is 2. The lowest BCUT2D eigenvalue weighted by molar-refractivity contribution is -0.130. The third kappa shape index (κ3) is 4.56. The molecule has 86 valence electrons. The summed E-state index contributed by atoms with van der Waals surface area (Å²) in [5.41, 5.74) is 0. The van der Waals surface area contributed by atoms with Gasteiger partial charge in [-0.25, -0.2) is 0 Å². The smallest absolute Gasteiger partial charge is 0.143 e. The minimum absolute atomic E-state index is 0.0208. The summed E-state index contributed by atoms with van der Waals surface area (Å²) in [5.74, 6) is 0.327. The maximum absolute atomic E-state index is 11.7. The molecule has 0 amide bonds. The van der Waals surface area contributed by atoms with Crippen molar-refractivity contribution in [2.45, 2.75) is 44.9 Å². The van der Waals surface area contributed by atoms with Gasteiger partial charge in [0.25, 0.3) is 0 Å². The van der Waals surface area contributed by atoms with Crippen LogP contribution in [0.1, 0.15) is 44.9 Å². The number of rotatable bonds is 6. The fourth-order valence-electron chi connectivity index (χ4n) is 2.07. The van der Waals surface area contributed by atoms with Gasteiger partial charge in [-0.05, 0) is 12.8 Å². The lowest BCUT2D eigenvalue weighted by atomic mass is 9.84. The summed E-state index contributed by atoms with van der Waals surface area (Å²) in [6.07, 6.45) is 5.97. The molecule has 3 nitrogen and oxygen atoms in total. The first kappa shape index (κ1) is 12.4. The molecule has 1 rings (SSSR count). The average molecular weight is 212 g/mol. The van der Waals surface area contributed by atoms with E-state index in [9.17, 15) is 9.59 Å². The lowest BCUT2D eigenvalue weighted by Gasteiger charge is -2.19. The highest BCUT2D eigenvalue weighted by atomic mass is 16.5. The number of ketones is 2. The summed E-state index contributed by atoms with van der Waals surface area (Å²) in [5, 5.41) is 0. The zero-order chi connectivity index (χ0) is 11.1. The molecule has 0 saturated heterocycles. The quantitative estimate of drug-likeness (QED) is 0.633. The topological polar surface area (TPSA) is 43.4 Å². The number of carbonyl (C=O) groups is 2. The molecule has 0 aliphatic heterocycles. The van der Waals surface area contributed by atoms with Crippen molar-refractivity contribution in [3.63, 3.8) is 0 Å². The van der Waals surface area contributed by atoms with Gasteiger partial charge in [-0.15, -0.1) is 0 Å². The Morgan fingerprint density at radius 3 is 2.47 bits per heavy atom. The lowest BCUT2D eigenvalue weighted by Crippen LogP contribution is -2.21. The fraction of sp³-hybridized carbons (Fsp3) is 0.833. The SMILES string of the molecule is COCCC(=O)CC(=O)C1CCCCC1. The molecule has 0 aromatic carbocycles. The van der Waals surface area contributed by atoms with E-state index in [1.54, 1.807) is 7.11 Å². The molecule has 0 N–H and O–H groups in total. The summed E-state index contributed by atoms with van der Waals surface area (Å²) in [6.45, 7) is 0.427. The standard InChI is InChI=1S/C12H20O3/c1-15-8-7-11(13)9-12(14)10-5-3-2-4-6-10/h10H,2-9H2,1H3. The second-order valence-electron chi connectivity index (χ2n) is 4.26. The predicted molar refractivity (Wildman–Crippen MR) is 57.7 cm³/mol. The summed E-state index contributed by atoms with van der Waals surface area (Å²) in [6, 6.07) is 0. The van der Waals surface area contributed by atoms with E-state index in [1.807, 2.05) is 0 Å². The van der Waals surface area contributed by atoms with Crippen molar-refractivity contribution in [2.24, 2.45) is 5.92 Å². The van der Waals surface area contributed by atoms with E-state index in [1.165, 1.54) is 6.42 Å². The highest BCUT2D eigenvalue weighted by Crippen LogP contribution is 2.25. The van der Waals surface area contributed by atoms with Crippen molar-refractivity contribution in [3.8, 4) is 0 Å². The molecule has 0 bridgehead atoms. The Kier molecular flexibility index (Phi) is 5.54. The van der Waals surface area contributed by atoms with Gasteiger partial charge in [0.15, 0.2) is 0 Å². The third-order valence-electron chi connectivity index (χ3n) is 3.02. The van der Waals surface area contributed by atoms with Gasteiger partial charge in [-0.1, -0.05) is 19.3 Å². The van der Waals surface area contributed by atoms with Gasteiger partial charge in [0, 0.05) is 19.4 Å². The molecular weight excluding hydrogens is 192 g/mol. The van der Waals surface area contributed by atoms with E-state index in [0.717, 1.165) is 25.7 Å². The van der Waals surface area contributed by atoms with Gasteiger partial charge in [-0.3, -0.25) is 9.59 Å². The number of carbonyl (C=O) groups excluding carboxylic acids is 2. The zero-order valence-corrected chi connectivity index (χ0v) is 9.46. The van der Waals surface area contributed by atoms with Gasteiger partial charge in [0.2, 0.25) is 0 Å². The van der Waals surface area contributed by atoms with Gasteiger partial charge in [0.1, 0.15) is 11.6 Å². The van der Waals surface area contributed by atoms with Crippen molar-refractivity contribution in [1.29, 1.82) is 0 Å². The van der Waals surface area contributed by atoms with Crippen molar-refractivity contribution in [2.75, 3.05) is 13.7 Å². The first-order valence-corrected chi connectivity index (χ1v) is 5.77. The minimum Gasteiger partial charge on any atom is -0.384 e. The number of methoxy groups -OCH3 is 1. The second-order valence-corrected chi connectivity index (χ2v) is 4.26. The molecule has 3 heteroatoms. The first-order chi connectivity index (χ1) is 7.24. The molecule has 0 radical (unpaired) electrons. The Balaban J connectivity index is 2.24. The van der Waals surface area contributed by atoms with Crippen LogP contribution in [0.15, 0.2) is 0 Å². The Morgan fingerprint density at radius 1 is 1.20 bits per heavy atom. The maximum atomic E-state index is 11.7. The van der Waals surface area contributed by atoms with Crippen LogP contribution in [0.5, 0.6) is 0 Å². The van der Waals surface area contributed by atoms with Crippen molar-refractivity contribution < 1.29 is 14.3 Å². The summed E-state index contributed by atoms with van der Waals surface area (Å²) in [7, 11) is 1.57. The van der Waals surface area contributed by atoms with Crippen molar-refractivity contribution in [3.05, 3.63) is 0 Å². The Hall–Kier alpha value is -0.700. The van der Waals surface area contributed by atoms with Crippen LogP contribution in [0.25, 0.3) is 0 Å². The number of ether oxygens (including phenoxy) is 1. The van der Waals surface area contributed by atoms with Gasteiger partial charge < -0.3 is 4.74 Å². The van der Waals surface area contributed by atoms with E-state index < -0.39 is 0 Å². The van der Waals surface area contributed by atoms with E-state index in [0.29, 0.717) is 13.0 Å². The van der Waals surface area contributed by atoms with Crippen LogP contribution >= 0.6 is 0 Å². The van der Waals surface area contributed by atoms with E-state index in [-0.39, 0.29) is 23.9 Å². The molecular formula is C12H20O3. The van der Waals surface area contributed by atoms with Crippen molar-refractivity contribution >= 4 is 11.6 Å². The highest BCUT2D eigenvalue weighted by Gasteiger charge is 2.22. The molecule has 0 aromatic rings. The largest absolute Gasteiger partial charge is 0.384 e. The van der Waals surface area contributed by atoms with Gasteiger partial charge >= 0.3 is 0 Å². The molecule has 15 heavy (non-hydrogen) atoms. The highest BCUT2D eigenvalue weighted by molar-refractivity contribution is 6.00. The molecule has 1 fully saturated rings. The van der Waals surface area contributed by atoms with Crippen LogP contribution in [-0.4, -0.2) is 25.3 Å². The summed E-state index contributed by atoms with van der Waals surface area (Å²) in [4.78, 5) is 23.1. The van der Waals surface area contributed by atoms with Gasteiger partial charge in [-0.2, -0.15) is 0 Å². The van der Waals surface area contributed by atoms with Crippen LogP contribution in [0.3, 0.4) is 0 Å². The molecule has 1 aliphatic carbocycles. The average Bonchev–Trinajstić information content (AvgIpc) is 2.27. The van der Waals surface area contributed by atoms with Crippen LogP contribution < -0.4 is 0 Å². The predicted octanol–water partition coefficient (Wildman–Crippen LogP) is 2.13. The maximum Gasteiger partial charge on any atom is 0.143 e. The Bertz CT molecular complexity index is 217. The van der Waals surface area contributed by atoms with Crippen molar-refractivity contribution in [1.82, 2.24) is 0 Å². The molecule has 0 unspecified atom stereocenters. The van der Waals surface area contributed by atoms with Crippen LogP contribution in [0.2, 0.25) is 0 Å². The molecule has 0 atom stereocenters. The summed E-state index contributed by atoms with van der Waals surface area (Å²) >= 11 is 0. The molecule has 0 aromatic heterocycles. The fourth-order valence-corrected chi connectivity index (χ4v) is 2.07. The van der Waals surface area contributed by atoms with E-state index >= 15 is 0 Å². The van der Waals surface area contributed by atoms with E-state index in [2.05, 4.69) is 0 Å². The molecule has 1 aliphatic rings. The Morgan fingerprint density at radius 2 is 1.87 bits per heavy atom. The number of hydrogen-bond acceptors (Lipinski definition) is 3. The molecule has 0 heterocycles. The first-order valence-electron chi connectivity index (χ1n) is 5.77. The third-order valence-corrected chi connectivity index (χ3v) is 3.02. The monoisotopic (exact) mass is 212 g/mol. The molecule has 0 spiro atoms. The van der Waals surface area contributed by atoms with Crippen LogP contribution in [0.4, 0.5) is 0 Å². The zero-order valence-electron chi connectivity index (χ0n) is 9.46. The minimum atomic E-state index is 0.0208. The number of hydrogen-bond donors (Lipinski definition) is 0. The summed E-state index contributed by atoms with van der Waals surface area (Å²) < 4.78 is 4.81. The second kappa shape index (κ2) is 6.72. The Labute approximate surface area is 91.2 Å². The van der Waals surface area contributed by atoms with E-state index in [4.69, 9.17) is 4.74 Å². The normalized spacial score (nSPS) is 17.7. The molecule has 1 saturated carbocycles. The van der Waals surface area contributed by atoms with Gasteiger partial charge in [0.05, 0.1) is 13.0 Å². The van der Waals surface area contributed by atoms with Crippen LogP contribution in [0, 0.1) is 5.92 Å².